The van der Waals surface area contributed by atoms with Crippen LogP contribution in [0.15, 0.2) is 48.7 Å². The molecule has 7 nitrogen and oxygen atoms in total. The van der Waals surface area contributed by atoms with Crippen LogP contribution in [-0.4, -0.2) is 38.5 Å². The smallest absolute Gasteiger partial charge is 0.358 e. The van der Waals surface area contributed by atoms with Crippen LogP contribution in [0.5, 0.6) is 0 Å². The zero-order chi connectivity index (χ0) is 17.6. The van der Waals surface area contributed by atoms with E-state index in [2.05, 4.69) is 15.6 Å². The van der Waals surface area contributed by atoms with Crippen molar-refractivity contribution in [3.05, 3.63) is 59.9 Å². The van der Waals surface area contributed by atoms with Gasteiger partial charge in [-0.25, -0.2) is 4.79 Å². The predicted octanol–water partition coefficient (Wildman–Crippen LogP) is 2.34. The molecule has 2 N–H and O–H groups in total. The average Bonchev–Trinajstić information content (AvgIpc) is 3.10. The van der Waals surface area contributed by atoms with E-state index in [0.29, 0.717) is 18.7 Å². The Labute approximate surface area is 144 Å². The van der Waals surface area contributed by atoms with E-state index < -0.39 is 5.97 Å². The highest BCUT2D eigenvalue weighted by molar-refractivity contribution is 6.06. The summed E-state index contributed by atoms with van der Waals surface area (Å²) in [6, 6.07) is 13.5. The number of carbonyl (C=O) groups excluding carboxylic acids is 1. The Morgan fingerprint density at radius 3 is 2.68 bits per heavy atom. The molecule has 1 heterocycles. The molecule has 0 aliphatic carbocycles. The number of carbonyl (C=O) groups is 2. The fourth-order valence-electron chi connectivity index (χ4n) is 2.63. The van der Waals surface area contributed by atoms with Crippen LogP contribution in [0.25, 0.3) is 10.8 Å². The molecule has 0 atom stereocenters. The van der Waals surface area contributed by atoms with E-state index >= 15 is 0 Å². The summed E-state index contributed by atoms with van der Waals surface area (Å²) in [5, 5.41) is 21.0. The quantitative estimate of drug-likeness (QED) is 0.645. The van der Waals surface area contributed by atoms with Gasteiger partial charge < -0.3 is 10.4 Å². The van der Waals surface area contributed by atoms with E-state index in [1.807, 2.05) is 42.5 Å². The number of nitrogens with zero attached hydrogens (tertiary/aromatic N) is 3. The van der Waals surface area contributed by atoms with Crippen LogP contribution in [-0.2, 0) is 6.54 Å². The van der Waals surface area contributed by atoms with Gasteiger partial charge in [0.2, 0.25) is 0 Å². The Kier molecular flexibility index (Phi) is 5.03. The van der Waals surface area contributed by atoms with Crippen LogP contribution in [0.1, 0.15) is 33.7 Å². The maximum Gasteiger partial charge on any atom is 0.358 e. The largest absolute Gasteiger partial charge is 0.476 e. The minimum absolute atomic E-state index is 0.0655. The lowest BCUT2D eigenvalue weighted by molar-refractivity contribution is 0.0690. The van der Waals surface area contributed by atoms with E-state index in [1.54, 1.807) is 0 Å². The van der Waals surface area contributed by atoms with E-state index in [9.17, 15) is 9.59 Å². The van der Waals surface area contributed by atoms with Gasteiger partial charge in [-0.2, -0.15) is 0 Å². The summed E-state index contributed by atoms with van der Waals surface area (Å²) in [5.74, 6) is -1.18. The Hall–Kier alpha value is -3.22. The van der Waals surface area contributed by atoms with Gasteiger partial charge in [-0.1, -0.05) is 41.6 Å². The van der Waals surface area contributed by atoms with Crippen molar-refractivity contribution < 1.29 is 14.7 Å². The molecule has 3 rings (SSSR count). The molecule has 0 bridgehead atoms. The number of amides is 1. The summed E-state index contributed by atoms with van der Waals surface area (Å²) in [7, 11) is 0. The van der Waals surface area contributed by atoms with Gasteiger partial charge in [-0.3, -0.25) is 9.48 Å². The molecule has 0 aliphatic rings. The number of carboxylic acid groups (broad SMARTS) is 1. The highest BCUT2D eigenvalue weighted by Gasteiger charge is 2.09. The molecule has 0 fully saturated rings. The SMILES string of the molecule is O=C(O)c1cn(CCCCNC(=O)c2cccc3ccccc23)nn1. The van der Waals surface area contributed by atoms with Crippen LogP contribution >= 0.6 is 0 Å². The summed E-state index contributed by atoms with van der Waals surface area (Å²) < 4.78 is 1.50. The molecule has 0 saturated carbocycles. The summed E-state index contributed by atoms with van der Waals surface area (Å²) in [6.45, 7) is 1.10. The van der Waals surface area contributed by atoms with Crippen LogP contribution in [0.4, 0.5) is 0 Å². The van der Waals surface area contributed by atoms with Crippen molar-refractivity contribution >= 4 is 22.6 Å². The summed E-state index contributed by atoms with van der Waals surface area (Å²) in [6.07, 6.45) is 2.92. The minimum Gasteiger partial charge on any atom is -0.476 e. The number of benzene rings is 2. The average molecular weight is 338 g/mol. The third-order valence-corrected chi connectivity index (χ3v) is 3.89. The molecule has 0 saturated heterocycles. The molecule has 3 aromatic rings. The number of carboxylic acids is 1. The van der Waals surface area contributed by atoms with Gasteiger partial charge in [-0.05, 0) is 29.7 Å². The second kappa shape index (κ2) is 7.57. The number of rotatable bonds is 7. The van der Waals surface area contributed by atoms with Gasteiger partial charge in [0, 0.05) is 18.7 Å². The van der Waals surface area contributed by atoms with Gasteiger partial charge in [0.25, 0.3) is 5.91 Å². The molecule has 1 amide bonds. The first kappa shape index (κ1) is 16.6. The Morgan fingerprint density at radius 2 is 1.88 bits per heavy atom. The number of aromatic carboxylic acids is 1. The van der Waals surface area contributed by atoms with Crippen LogP contribution in [0, 0.1) is 0 Å². The molecule has 0 radical (unpaired) electrons. The maximum atomic E-state index is 12.4. The molecule has 7 heteroatoms. The number of hydrogen-bond donors (Lipinski definition) is 2. The third-order valence-electron chi connectivity index (χ3n) is 3.89. The number of aromatic nitrogens is 3. The molecular weight excluding hydrogens is 320 g/mol. The van der Waals surface area contributed by atoms with Crippen molar-refractivity contribution in [3.63, 3.8) is 0 Å². The number of hydrogen-bond acceptors (Lipinski definition) is 4. The van der Waals surface area contributed by atoms with Crippen molar-refractivity contribution in [3.8, 4) is 0 Å². The summed E-state index contributed by atoms with van der Waals surface area (Å²) >= 11 is 0. The van der Waals surface area contributed by atoms with Gasteiger partial charge >= 0.3 is 5.97 Å². The van der Waals surface area contributed by atoms with Crippen LogP contribution < -0.4 is 5.32 Å². The van der Waals surface area contributed by atoms with E-state index in [0.717, 1.165) is 23.6 Å². The zero-order valence-electron chi connectivity index (χ0n) is 13.6. The lowest BCUT2D eigenvalue weighted by atomic mass is 10.0. The zero-order valence-corrected chi connectivity index (χ0v) is 13.6. The normalized spacial score (nSPS) is 10.7. The number of nitrogens with one attached hydrogen (secondary N) is 1. The highest BCUT2D eigenvalue weighted by Crippen LogP contribution is 2.18. The second-order valence-electron chi connectivity index (χ2n) is 5.66. The maximum absolute atomic E-state index is 12.4. The fraction of sp³-hybridized carbons (Fsp3) is 0.222. The van der Waals surface area contributed by atoms with Crippen molar-refractivity contribution in [2.75, 3.05) is 6.54 Å². The molecule has 128 valence electrons. The fourth-order valence-corrected chi connectivity index (χ4v) is 2.63. The first-order valence-corrected chi connectivity index (χ1v) is 8.04. The van der Waals surface area contributed by atoms with Gasteiger partial charge in [0.05, 0.1) is 6.20 Å². The molecule has 2 aromatic carbocycles. The van der Waals surface area contributed by atoms with Gasteiger partial charge in [0.1, 0.15) is 0 Å². The van der Waals surface area contributed by atoms with Gasteiger partial charge in [-0.15, -0.1) is 5.10 Å². The first-order chi connectivity index (χ1) is 12.1. The molecule has 0 spiro atoms. The number of unbranched alkanes of at least 4 members (excludes halogenated alkanes) is 1. The Morgan fingerprint density at radius 1 is 1.08 bits per heavy atom. The topological polar surface area (TPSA) is 97.1 Å². The van der Waals surface area contributed by atoms with Gasteiger partial charge in [0.15, 0.2) is 5.69 Å². The summed E-state index contributed by atoms with van der Waals surface area (Å²) in [5.41, 5.74) is 0.602. The Bertz CT molecular complexity index is 899. The minimum atomic E-state index is -1.09. The monoisotopic (exact) mass is 338 g/mol. The number of fused-ring (bicyclic) bond motifs is 1. The van der Waals surface area contributed by atoms with Crippen molar-refractivity contribution in [1.82, 2.24) is 20.3 Å². The molecule has 25 heavy (non-hydrogen) atoms. The van der Waals surface area contributed by atoms with E-state index in [1.165, 1.54) is 10.9 Å². The molecule has 0 aliphatic heterocycles. The van der Waals surface area contributed by atoms with E-state index in [4.69, 9.17) is 5.11 Å². The second-order valence-corrected chi connectivity index (χ2v) is 5.66. The lowest BCUT2D eigenvalue weighted by Gasteiger charge is -2.08. The van der Waals surface area contributed by atoms with Crippen molar-refractivity contribution in [2.45, 2.75) is 19.4 Å². The highest BCUT2D eigenvalue weighted by atomic mass is 16.4. The third kappa shape index (κ3) is 4.00. The van der Waals surface area contributed by atoms with E-state index in [-0.39, 0.29) is 11.6 Å². The van der Waals surface area contributed by atoms with Crippen LogP contribution in [0.2, 0.25) is 0 Å². The van der Waals surface area contributed by atoms with Crippen molar-refractivity contribution in [2.24, 2.45) is 0 Å². The molecule has 0 unspecified atom stereocenters. The molecular formula is C18H18N4O3. The predicted molar refractivity (Wildman–Crippen MR) is 92.5 cm³/mol. The Balaban J connectivity index is 1.48. The number of aryl methyl sites for hydroxylation is 1. The molecule has 1 aromatic heterocycles. The standard InChI is InChI=1S/C18H18N4O3/c23-17(15-9-5-7-13-6-1-2-8-14(13)15)19-10-3-4-11-22-12-16(18(24)25)20-21-22/h1-2,5-9,12H,3-4,10-11H2,(H,19,23)(H,24,25). The van der Waals surface area contributed by atoms with Crippen molar-refractivity contribution in [1.29, 1.82) is 0 Å². The summed E-state index contributed by atoms with van der Waals surface area (Å²) in [4.78, 5) is 23.1. The first-order valence-electron chi connectivity index (χ1n) is 8.04. The van der Waals surface area contributed by atoms with Crippen LogP contribution in [0.3, 0.4) is 0 Å². The lowest BCUT2D eigenvalue weighted by Crippen LogP contribution is -2.24.